The van der Waals surface area contributed by atoms with Crippen molar-refractivity contribution in [1.82, 2.24) is 0 Å². The molecule has 0 atom stereocenters. The molecule has 4 aromatic carbocycles. The second-order valence-corrected chi connectivity index (χ2v) is 21.4. The van der Waals surface area contributed by atoms with Crippen LogP contribution in [-0.4, -0.2) is 37.1 Å². The number of halogens is 8. The number of nitriles is 3. The van der Waals surface area contributed by atoms with Crippen LogP contribution in [0.1, 0.15) is 76.2 Å². The van der Waals surface area contributed by atoms with Crippen molar-refractivity contribution in [3.63, 3.8) is 0 Å². The number of para-hydroxylation sites is 2. The fourth-order valence-electron chi connectivity index (χ4n) is 6.67. The monoisotopic (exact) mass is 957 g/mol. The zero-order chi connectivity index (χ0) is 45.0. The molecule has 0 saturated carbocycles. The Kier molecular flexibility index (Phi) is 27.1. The zero-order valence-electron chi connectivity index (χ0n) is 35.1. The molecule has 17 heteroatoms. The van der Waals surface area contributed by atoms with E-state index in [1.165, 1.54) is 64.4 Å². The summed E-state index contributed by atoms with van der Waals surface area (Å²) in [4.78, 5) is 0. The molecule has 0 spiro atoms. The summed E-state index contributed by atoms with van der Waals surface area (Å²) in [5, 5.41) is 27.4. The molecule has 59 heavy (non-hydrogen) atoms. The van der Waals surface area contributed by atoms with Crippen molar-refractivity contribution in [1.29, 1.82) is 15.8 Å². The minimum atomic E-state index is -6.00. The number of benzene rings is 4. The fourth-order valence-corrected chi connectivity index (χ4v) is 13.2. The van der Waals surface area contributed by atoms with Crippen molar-refractivity contribution in [2.24, 2.45) is 0 Å². The van der Waals surface area contributed by atoms with Gasteiger partial charge in [0.1, 0.15) is 11.2 Å². The average molecular weight is 958 g/mol. The quantitative estimate of drug-likeness (QED) is 0.0881. The van der Waals surface area contributed by atoms with Crippen LogP contribution in [-0.2, 0) is 20.4 Å². The fraction of sp³-hybridized carbons (Fsp3) is 0.357. The van der Waals surface area contributed by atoms with Crippen molar-refractivity contribution in [3.05, 3.63) is 84.9 Å². The second-order valence-electron chi connectivity index (χ2n) is 13.8. The third-order valence-corrected chi connectivity index (χ3v) is 15.0. The standard InChI is InChI=1S/C36H42OP2.3C2H3N.2BF4.Pd/c1-23(2)38(24(3)4)29-15-9-13-27(21-29)31-17-11-19-33-34-20-12-18-32(36(34)37-35(31)33)28-14-10-16-30(22-28)39(25(5)6)26(7)8;3*1-2-3;2*2-1(3,4)5;/h9-26H,1-8H3;3*1H3;;;/q;;;;2*-1;+2/p+2. The van der Waals surface area contributed by atoms with Gasteiger partial charge in [-0.1, -0.05) is 60.7 Å². The Morgan fingerprint density at radius 1 is 0.475 bits per heavy atom. The number of rotatable bonds is 8. The van der Waals surface area contributed by atoms with Crippen LogP contribution in [0, 0.1) is 34.0 Å². The van der Waals surface area contributed by atoms with E-state index in [1.807, 2.05) is 0 Å². The van der Waals surface area contributed by atoms with Crippen LogP contribution in [0.2, 0.25) is 0 Å². The summed E-state index contributed by atoms with van der Waals surface area (Å²) in [6.45, 7) is 23.3. The van der Waals surface area contributed by atoms with E-state index < -0.39 is 30.4 Å². The molecule has 0 aliphatic heterocycles. The number of fused-ring (bicyclic) bond motifs is 3. The van der Waals surface area contributed by atoms with Crippen LogP contribution in [0.5, 0.6) is 0 Å². The smallest absolute Gasteiger partial charge is 0.455 e. The van der Waals surface area contributed by atoms with Crippen LogP contribution >= 0.6 is 15.8 Å². The summed E-state index contributed by atoms with van der Waals surface area (Å²) in [7, 11) is -13.3. The summed E-state index contributed by atoms with van der Waals surface area (Å²) in [6, 6.07) is 37.0. The maximum atomic E-state index is 9.75. The van der Waals surface area contributed by atoms with Gasteiger partial charge in [-0.2, -0.15) is 15.8 Å². The first-order chi connectivity index (χ1) is 26.9. The van der Waals surface area contributed by atoms with Crippen LogP contribution < -0.4 is 10.6 Å². The molecule has 322 valence electrons. The van der Waals surface area contributed by atoms with Gasteiger partial charge in [0, 0.05) is 58.5 Å². The first-order valence-corrected chi connectivity index (χ1v) is 21.8. The van der Waals surface area contributed by atoms with Gasteiger partial charge in [-0.3, -0.25) is 0 Å². The summed E-state index contributed by atoms with van der Waals surface area (Å²) in [5.74, 6) is 0. The maximum absolute atomic E-state index is 9.75. The molecule has 0 fully saturated rings. The average Bonchev–Trinajstić information content (AvgIpc) is 3.47. The predicted octanol–water partition coefficient (Wildman–Crippen LogP) is 14.4. The van der Waals surface area contributed by atoms with Crippen molar-refractivity contribution in [3.8, 4) is 40.5 Å². The number of hydrogen-bond acceptors (Lipinski definition) is 4. The molecule has 0 bridgehead atoms. The Labute approximate surface area is 360 Å². The summed E-state index contributed by atoms with van der Waals surface area (Å²) >= 11 is 0. The van der Waals surface area contributed by atoms with Crippen LogP contribution in [0.4, 0.5) is 34.5 Å². The van der Waals surface area contributed by atoms with E-state index in [-0.39, 0.29) is 20.4 Å². The molecule has 1 aromatic heterocycles. The molecule has 0 N–H and O–H groups in total. The molecule has 0 radical (unpaired) electrons. The van der Waals surface area contributed by atoms with Crippen molar-refractivity contribution in [2.75, 3.05) is 0 Å². The molecule has 1 heterocycles. The van der Waals surface area contributed by atoms with Gasteiger partial charge >= 0.3 is 34.9 Å². The first-order valence-electron chi connectivity index (χ1n) is 18.5. The number of furan rings is 1. The molecular weight excluding hydrogens is 904 g/mol. The Morgan fingerprint density at radius 2 is 0.712 bits per heavy atom. The molecule has 4 nitrogen and oxygen atoms in total. The van der Waals surface area contributed by atoms with E-state index in [4.69, 9.17) is 20.2 Å². The molecular formula is C42H53B2F8N3OP2Pd+2. The Morgan fingerprint density at radius 3 is 0.949 bits per heavy atom. The Bertz CT molecular complexity index is 1940. The minimum Gasteiger partial charge on any atom is -0.455 e. The molecule has 5 aromatic rings. The van der Waals surface area contributed by atoms with E-state index in [2.05, 4.69) is 140 Å². The maximum Gasteiger partial charge on any atom is 2.00 e. The second kappa shape index (κ2) is 27.9. The largest absolute Gasteiger partial charge is 2.00 e. The van der Waals surface area contributed by atoms with Crippen LogP contribution in [0.25, 0.3) is 44.2 Å². The van der Waals surface area contributed by atoms with E-state index in [9.17, 15) is 34.5 Å². The molecule has 0 aliphatic carbocycles. The summed E-state index contributed by atoms with van der Waals surface area (Å²) in [6.07, 6.45) is 0. The van der Waals surface area contributed by atoms with Crippen molar-refractivity contribution in [2.45, 2.75) is 98.8 Å². The third-order valence-electron chi connectivity index (χ3n) is 8.03. The summed E-state index contributed by atoms with van der Waals surface area (Å²) in [5.41, 5.74) is 9.63. The van der Waals surface area contributed by atoms with Crippen molar-refractivity contribution >= 4 is 62.9 Å². The third kappa shape index (κ3) is 20.9. The van der Waals surface area contributed by atoms with E-state index in [0.717, 1.165) is 11.2 Å². The van der Waals surface area contributed by atoms with Gasteiger partial charge in [-0.05, 0) is 90.8 Å². The number of hydrogen-bond donors (Lipinski definition) is 0. The van der Waals surface area contributed by atoms with Gasteiger partial charge in [-0.15, -0.1) is 0 Å². The van der Waals surface area contributed by atoms with Crippen molar-refractivity contribution < 1.29 is 59.4 Å². The Hall–Kier alpha value is -3.76. The minimum absolute atomic E-state index is 0. The van der Waals surface area contributed by atoms with Gasteiger partial charge in [0.15, 0.2) is 0 Å². The van der Waals surface area contributed by atoms with Crippen LogP contribution in [0.15, 0.2) is 89.3 Å². The summed E-state index contributed by atoms with van der Waals surface area (Å²) < 4.78 is 84.8. The molecule has 5 rings (SSSR count). The molecule has 0 amide bonds. The van der Waals surface area contributed by atoms with Crippen LogP contribution in [0.3, 0.4) is 0 Å². The number of nitrogens with zero attached hydrogens (tertiary/aromatic N) is 3. The van der Waals surface area contributed by atoms with E-state index >= 15 is 0 Å². The normalized spacial score (nSPS) is 10.7. The van der Waals surface area contributed by atoms with Gasteiger partial charge in [0.05, 0.1) is 51.5 Å². The first kappa shape index (κ1) is 57.3. The zero-order valence-corrected chi connectivity index (χ0v) is 38.7. The topological polar surface area (TPSA) is 84.5 Å². The van der Waals surface area contributed by atoms with E-state index in [0.29, 0.717) is 22.6 Å². The van der Waals surface area contributed by atoms with E-state index in [1.54, 1.807) is 18.2 Å². The van der Waals surface area contributed by atoms with Gasteiger partial charge < -0.3 is 38.9 Å². The van der Waals surface area contributed by atoms with Gasteiger partial charge in [0.2, 0.25) is 0 Å². The Balaban J connectivity index is 0. The molecule has 0 unspecified atom stereocenters. The van der Waals surface area contributed by atoms with Gasteiger partial charge in [0.25, 0.3) is 0 Å². The SMILES string of the molecule is CC#N.CC#N.CC#N.CC(C)[PH+](c1cccc(-c2cccc3c2oc2c(-c4cccc([PH+](C(C)C)C(C)C)c4)cccc23)c1)C(C)C.F[B-](F)(F)F.F[B-](F)(F)F.[Pd+2]. The molecule has 0 aliphatic rings. The molecule has 0 saturated heterocycles. The van der Waals surface area contributed by atoms with Gasteiger partial charge in [-0.25, -0.2) is 0 Å². The predicted molar refractivity (Wildman–Crippen MR) is 235 cm³/mol.